The maximum Gasteiger partial charge on any atom is 0.123 e. The second kappa shape index (κ2) is 5.37. The maximum absolute atomic E-state index is 13.2. The van der Waals surface area contributed by atoms with Crippen LogP contribution in [0.1, 0.15) is 44.7 Å². The van der Waals surface area contributed by atoms with Gasteiger partial charge in [-0.25, -0.2) is 4.39 Å². The number of halogens is 1. The minimum atomic E-state index is -0.197. The van der Waals surface area contributed by atoms with Crippen molar-refractivity contribution in [1.82, 2.24) is 5.32 Å². The third-order valence-electron chi connectivity index (χ3n) is 4.24. The zero-order valence-corrected chi connectivity index (χ0v) is 11.1. The molecule has 1 saturated carbocycles. The van der Waals surface area contributed by atoms with Gasteiger partial charge >= 0.3 is 0 Å². The van der Waals surface area contributed by atoms with Crippen molar-refractivity contribution in [2.75, 3.05) is 6.61 Å². The summed E-state index contributed by atoms with van der Waals surface area (Å²) in [6.45, 7) is 4.38. The number of nitrogens with one attached hydrogen (secondary N) is 1. The van der Waals surface area contributed by atoms with Crippen molar-refractivity contribution in [3.05, 3.63) is 35.6 Å². The van der Waals surface area contributed by atoms with Crippen LogP contribution in [0.4, 0.5) is 4.39 Å². The summed E-state index contributed by atoms with van der Waals surface area (Å²) in [5, 5.41) is 13.1. The van der Waals surface area contributed by atoms with Crippen molar-refractivity contribution in [2.24, 2.45) is 5.41 Å². The summed E-state index contributed by atoms with van der Waals surface area (Å²) in [6, 6.07) is 7.12. The van der Waals surface area contributed by atoms with Crippen molar-refractivity contribution in [2.45, 2.75) is 45.2 Å². The first-order valence-corrected chi connectivity index (χ1v) is 6.67. The van der Waals surface area contributed by atoms with E-state index in [2.05, 4.69) is 12.2 Å². The second-order valence-corrected chi connectivity index (χ2v) is 5.70. The Bertz CT molecular complexity index is 409. The molecule has 0 spiro atoms. The molecule has 0 bridgehead atoms. The summed E-state index contributed by atoms with van der Waals surface area (Å²) in [4.78, 5) is 0. The van der Waals surface area contributed by atoms with E-state index in [9.17, 15) is 9.50 Å². The molecule has 1 aromatic rings. The molecular weight excluding hydrogens is 229 g/mol. The Morgan fingerprint density at radius 3 is 3.00 bits per heavy atom. The smallest absolute Gasteiger partial charge is 0.123 e. The minimum Gasteiger partial charge on any atom is -0.396 e. The molecule has 0 heterocycles. The average molecular weight is 251 g/mol. The van der Waals surface area contributed by atoms with Gasteiger partial charge < -0.3 is 10.4 Å². The van der Waals surface area contributed by atoms with E-state index >= 15 is 0 Å². The lowest BCUT2D eigenvalue weighted by Crippen LogP contribution is -2.42. The van der Waals surface area contributed by atoms with Gasteiger partial charge in [0.1, 0.15) is 5.82 Å². The van der Waals surface area contributed by atoms with E-state index in [-0.39, 0.29) is 23.9 Å². The Morgan fingerprint density at radius 1 is 1.56 bits per heavy atom. The molecule has 2 rings (SSSR count). The predicted octanol–water partition coefficient (Wildman–Crippen LogP) is 3.03. The third-order valence-corrected chi connectivity index (χ3v) is 4.24. The zero-order valence-electron chi connectivity index (χ0n) is 11.1. The van der Waals surface area contributed by atoms with Crippen LogP contribution < -0.4 is 5.32 Å². The third kappa shape index (κ3) is 2.73. The zero-order chi connectivity index (χ0) is 13.2. The molecule has 18 heavy (non-hydrogen) atoms. The molecular formula is C15H22FNO. The molecule has 1 aliphatic rings. The number of rotatable bonds is 4. The summed E-state index contributed by atoms with van der Waals surface area (Å²) in [5.74, 6) is -0.197. The van der Waals surface area contributed by atoms with Gasteiger partial charge in [0.25, 0.3) is 0 Å². The highest BCUT2D eigenvalue weighted by Crippen LogP contribution is 2.38. The lowest BCUT2D eigenvalue weighted by Gasteiger charge is -2.32. The van der Waals surface area contributed by atoms with E-state index in [1.807, 2.05) is 13.0 Å². The molecule has 0 aromatic heterocycles. The molecule has 1 fully saturated rings. The fourth-order valence-electron chi connectivity index (χ4n) is 2.88. The van der Waals surface area contributed by atoms with Crippen LogP contribution in [0.3, 0.4) is 0 Å². The summed E-state index contributed by atoms with van der Waals surface area (Å²) in [6.07, 6.45) is 3.28. The molecule has 2 nitrogen and oxygen atoms in total. The van der Waals surface area contributed by atoms with Gasteiger partial charge in [0, 0.05) is 24.1 Å². The van der Waals surface area contributed by atoms with Gasteiger partial charge in [0.15, 0.2) is 0 Å². The predicted molar refractivity (Wildman–Crippen MR) is 70.8 cm³/mol. The van der Waals surface area contributed by atoms with Crippen molar-refractivity contribution in [3.8, 4) is 0 Å². The molecule has 100 valence electrons. The van der Waals surface area contributed by atoms with E-state index in [0.29, 0.717) is 6.04 Å². The van der Waals surface area contributed by atoms with Gasteiger partial charge in [-0.2, -0.15) is 0 Å². The SMILES string of the molecule is CC(NC1CCCC1(C)CO)c1cccc(F)c1. The van der Waals surface area contributed by atoms with Crippen LogP contribution in [0.15, 0.2) is 24.3 Å². The van der Waals surface area contributed by atoms with Crippen molar-refractivity contribution >= 4 is 0 Å². The highest BCUT2D eigenvalue weighted by molar-refractivity contribution is 5.20. The lowest BCUT2D eigenvalue weighted by atomic mass is 9.85. The first kappa shape index (κ1) is 13.5. The lowest BCUT2D eigenvalue weighted by molar-refractivity contribution is 0.114. The highest BCUT2D eigenvalue weighted by Gasteiger charge is 2.38. The normalized spacial score (nSPS) is 29.4. The molecule has 3 heteroatoms. The van der Waals surface area contributed by atoms with E-state index in [1.54, 1.807) is 12.1 Å². The van der Waals surface area contributed by atoms with Gasteiger partial charge in [0.05, 0.1) is 0 Å². The minimum absolute atomic E-state index is 0.0401. The molecule has 0 radical (unpaired) electrons. The number of aliphatic hydroxyl groups excluding tert-OH is 1. The first-order valence-electron chi connectivity index (χ1n) is 6.67. The molecule has 1 aliphatic carbocycles. The fourth-order valence-corrected chi connectivity index (χ4v) is 2.88. The summed E-state index contributed by atoms with van der Waals surface area (Å²) >= 11 is 0. The van der Waals surface area contributed by atoms with E-state index in [1.165, 1.54) is 6.07 Å². The van der Waals surface area contributed by atoms with E-state index in [4.69, 9.17) is 0 Å². The van der Waals surface area contributed by atoms with Crippen molar-refractivity contribution in [3.63, 3.8) is 0 Å². The Balaban J connectivity index is 2.05. The van der Waals surface area contributed by atoms with Crippen molar-refractivity contribution in [1.29, 1.82) is 0 Å². The highest BCUT2D eigenvalue weighted by atomic mass is 19.1. The summed E-state index contributed by atoms with van der Waals surface area (Å²) in [5.41, 5.74) is 0.920. The van der Waals surface area contributed by atoms with Gasteiger partial charge in [-0.15, -0.1) is 0 Å². The van der Waals surface area contributed by atoms with Crippen LogP contribution in [0.25, 0.3) is 0 Å². The van der Waals surface area contributed by atoms with Gasteiger partial charge in [0.2, 0.25) is 0 Å². The van der Waals surface area contributed by atoms with Crippen LogP contribution in [0.5, 0.6) is 0 Å². The van der Waals surface area contributed by atoms with Gasteiger partial charge in [-0.05, 0) is 37.5 Å². The standard InChI is InChI=1S/C15H22FNO/c1-11(12-5-3-6-13(16)9-12)17-14-7-4-8-15(14,2)10-18/h3,5-6,9,11,14,17-18H,4,7-8,10H2,1-2H3. The second-order valence-electron chi connectivity index (χ2n) is 5.70. The van der Waals surface area contributed by atoms with Gasteiger partial charge in [-0.3, -0.25) is 0 Å². The maximum atomic E-state index is 13.2. The Morgan fingerprint density at radius 2 is 2.33 bits per heavy atom. The number of hydrogen-bond acceptors (Lipinski definition) is 2. The first-order chi connectivity index (χ1) is 8.55. The molecule has 1 aromatic carbocycles. The van der Waals surface area contributed by atoms with Crippen molar-refractivity contribution < 1.29 is 9.50 Å². The fraction of sp³-hybridized carbons (Fsp3) is 0.600. The average Bonchev–Trinajstić information content (AvgIpc) is 2.72. The van der Waals surface area contributed by atoms with Crippen LogP contribution >= 0.6 is 0 Å². The van der Waals surface area contributed by atoms with Crippen LogP contribution in [-0.4, -0.2) is 17.8 Å². The molecule has 0 aliphatic heterocycles. The van der Waals surface area contributed by atoms with E-state index < -0.39 is 0 Å². The number of aliphatic hydroxyl groups is 1. The summed E-state index contributed by atoms with van der Waals surface area (Å²) < 4.78 is 13.2. The van der Waals surface area contributed by atoms with Crippen LogP contribution in [0.2, 0.25) is 0 Å². The quantitative estimate of drug-likeness (QED) is 0.862. The molecule has 0 amide bonds. The topological polar surface area (TPSA) is 32.3 Å². The Hall–Kier alpha value is -0.930. The Labute approximate surface area is 108 Å². The molecule has 0 saturated heterocycles. The van der Waals surface area contributed by atoms with Crippen LogP contribution in [-0.2, 0) is 0 Å². The molecule has 3 atom stereocenters. The number of hydrogen-bond donors (Lipinski definition) is 2. The summed E-state index contributed by atoms with van der Waals surface area (Å²) in [7, 11) is 0. The van der Waals surface area contributed by atoms with Crippen LogP contribution in [0, 0.1) is 11.2 Å². The molecule has 2 N–H and O–H groups in total. The molecule has 3 unspecified atom stereocenters. The largest absolute Gasteiger partial charge is 0.396 e. The monoisotopic (exact) mass is 251 g/mol. The van der Waals surface area contributed by atoms with Gasteiger partial charge in [-0.1, -0.05) is 25.5 Å². The van der Waals surface area contributed by atoms with E-state index in [0.717, 1.165) is 24.8 Å². The number of benzene rings is 1. The Kier molecular flexibility index (Phi) is 4.03.